The normalized spacial score (nSPS) is 13.2. The van der Waals surface area contributed by atoms with E-state index in [1.807, 2.05) is 0 Å². The van der Waals surface area contributed by atoms with Crippen molar-refractivity contribution in [3.8, 4) is 0 Å². The Morgan fingerprint density at radius 3 is 1.48 bits per heavy atom. The number of hydrogen-bond acceptors (Lipinski definition) is 0. The lowest BCUT2D eigenvalue weighted by molar-refractivity contribution is 0.313. The molecule has 0 aromatic rings. The molecule has 0 aromatic carbocycles. The molecule has 25 heavy (non-hydrogen) atoms. The fraction of sp³-hybridized carbons (Fsp3) is 0.920. The molecule has 0 rings (SSSR count). The molecular weight excluding hydrogens is 300 g/mol. The summed E-state index contributed by atoms with van der Waals surface area (Å²) in [6.45, 7) is 9.44. The van der Waals surface area contributed by atoms with Crippen molar-refractivity contribution in [2.45, 2.75) is 137 Å². The van der Waals surface area contributed by atoms with Crippen molar-refractivity contribution in [1.29, 1.82) is 0 Å². The Labute approximate surface area is 161 Å². The standard InChI is InChI=1S/C25H50/c1-5-7-9-11-12-13-14-15-16-17-18-19-21-23-25(24(3)4)22-20-10-8-6-2/h11-12,24-25H,5-10,13-23H2,1-4H3/b12-11+. The minimum absolute atomic E-state index is 0.881. The average Bonchev–Trinajstić information content (AvgIpc) is 2.60. The van der Waals surface area contributed by atoms with Gasteiger partial charge in [0.1, 0.15) is 0 Å². The molecule has 0 heterocycles. The van der Waals surface area contributed by atoms with E-state index in [1.165, 1.54) is 109 Å². The van der Waals surface area contributed by atoms with Crippen molar-refractivity contribution in [2.24, 2.45) is 11.8 Å². The monoisotopic (exact) mass is 350 g/mol. The Kier molecular flexibility index (Phi) is 19.8. The van der Waals surface area contributed by atoms with Gasteiger partial charge < -0.3 is 0 Å². The Bertz CT molecular complexity index is 263. The molecule has 0 aromatic heterocycles. The summed E-state index contributed by atoms with van der Waals surface area (Å²) in [5, 5.41) is 0. The molecule has 0 fully saturated rings. The van der Waals surface area contributed by atoms with Gasteiger partial charge in [0.25, 0.3) is 0 Å². The summed E-state index contributed by atoms with van der Waals surface area (Å²) in [4.78, 5) is 0. The maximum Gasteiger partial charge on any atom is -0.0351 e. The highest BCUT2D eigenvalue weighted by Gasteiger charge is 2.12. The zero-order valence-corrected chi connectivity index (χ0v) is 18.3. The zero-order chi connectivity index (χ0) is 18.6. The summed E-state index contributed by atoms with van der Waals surface area (Å²) in [5.41, 5.74) is 0. The number of allylic oxidation sites excluding steroid dienone is 2. The van der Waals surface area contributed by atoms with E-state index in [9.17, 15) is 0 Å². The lowest BCUT2D eigenvalue weighted by atomic mass is 9.85. The van der Waals surface area contributed by atoms with Crippen LogP contribution in [-0.2, 0) is 0 Å². The predicted octanol–water partition coefficient (Wildman–Crippen LogP) is 9.49. The predicted molar refractivity (Wildman–Crippen MR) is 117 cm³/mol. The van der Waals surface area contributed by atoms with Crippen molar-refractivity contribution in [2.75, 3.05) is 0 Å². The van der Waals surface area contributed by atoms with Crippen LogP contribution in [-0.4, -0.2) is 0 Å². The van der Waals surface area contributed by atoms with Gasteiger partial charge in [-0.05, 0) is 31.1 Å². The zero-order valence-electron chi connectivity index (χ0n) is 18.3. The third-order valence-electron chi connectivity index (χ3n) is 5.71. The highest BCUT2D eigenvalue weighted by molar-refractivity contribution is 4.81. The van der Waals surface area contributed by atoms with Gasteiger partial charge in [-0.2, -0.15) is 0 Å². The molecule has 0 aliphatic rings. The second-order valence-electron chi connectivity index (χ2n) is 8.52. The Hall–Kier alpha value is -0.260. The van der Waals surface area contributed by atoms with Gasteiger partial charge in [0.15, 0.2) is 0 Å². The molecular formula is C25H50. The molecule has 0 radical (unpaired) electrons. The molecule has 0 N–H and O–H groups in total. The van der Waals surface area contributed by atoms with Crippen molar-refractivity contribution >= 4 is 0 Å². The van der Waals surface area contributed by atoms with E-state index in [4.69, 9.17) is 0 Å². The molecule has 0 amide bonds. The summed E-state index contributed by atoms with van der Waals surface area (Å²) < 4.78 is 0. The smallest absolute Gasteiger partial charge is 0.0351 e. The largest absolute Gasteiger partial charge is 0.0885 e. The van der Waals surface area contributed by atoms with Crippen LogP contribution in [0.25, 0.3) is 0 Å². The van der Waals surface area contributed by atoms with Crippen LogP contribution in [0.15, 0.2) is 12.2 Å². The Morgan fingerprint density at radius 2 is 0.960 bits per heavy atom. The number of rotatable bonds is 19. The second kappa shape index (κ2) is 20.1. The van der Waals surface area contributed by atoms with E-state index in [0.717, 1.165) is 11.8 Å². The first kappa shape index (κ1) is 24.7. The number of unbranched alkanes of at least 4 members (excludes halogenated alkanes) is 12. The lowest BCUT2D eigenvalue weighted by Crippen LogP contribution is -2.08. The molecule has 0 aliphatic heterocycles. The highest BCUT2D eigenvalue weighted by atomic mass is 14.2. The van der Waals surface area contributed by atoms with Crippen LogP contribution in [0.5, 0.6) is 0 Å². The summed E-state index contributed by atoms with van der Waals surface area (Å²) in [6.07, 6.45) is 28.9. The summed E-state index contributed by atoms with van der Waals surface area (Å²) in [5.74, 6) is 1.86. The van der Waals surface area contributed by atoms with E-state index >= 15 is 0 Å². The molecule has 1 atom stereocenters. The van der Waals surface area contributed by atoms with Gasteiger partial charge in [0.05, 0.1) is 0 Å². The Morgan fingerprint density at radius 1 is 0.520 bits per heavy atom. The van der Waals surface area contributed by atoms with Crippen molar-refractivity contribution in [1.82, 2.24) is 0 Å². The molecule has 0 nitrogen and oxygen atoms in total. The maximum absolute atomic E-state index is 2.43. The fourth-order valence-corrected chi connectivity index (χ4v) is 3.75. The van der Waals surface area contributed by atoms with Crippen LogP contribution < -0.4 is 0 Å². The first-order valence-corrected chi connectivity index (χ1v) is 11.9. The second-order valence-corrected chi connectivity index (χ2v) is 8.52. The molecule has 0 bridgehead atoms. The van der Waals surface area contributed by atoms with Gasteiger partial charge in [-0.3, -0.25) is 0 Å². The van der Waals surface area contributed by atoms with Gasteiger partial charge in [0.2, 0.25) is 0 Å². The molecule has 0 spiro atoms. The van der Waals surface area contributed by atoms with E-state index in [0.29, 0.717) is 0 Å². The quantitative estimate of drug-likeness (QED) is 0.161. The van der Waals surface area contributed by atoms with Crippen LogP contribution in [0.4, 0.5) is 0 Å². The van der Waals surface area contributed by atoms with Crippen LogP contribution in [0, 0.1) is 11.8 Å². The maximum atomic E-state index is 2.43. The third kappa shape index (κ3) is 18.3. The summed E-state index contributed by atoms with van der Waals surface area (Å²) in [7, 11) is 0. The van der Waals surface area contributed by atoms with Crippen LogP contribution in [0.2, 0.25) is 0 Å². The lowest BCUT2D eigenvalue weighted by Gasteiger charge is -2.20. The average molecular weight is 351 g/mol. The van der Waals surface area contributed by atoms with Gasteiger partial charge >= 0.3 is 0 Å². The third-order valence-corrected chi connectivity index (χ3v) is 5.71. The fourth-order valence-electron chi connectivity index (χ4n) is 3.75. The first-order chi connectivity index (χ1) is 12.2. The van der Waals surface area contributed by atoms with E-state index in [2.05, 4.69) is 39.8 Å². The SMILES string of the molecule is CCCC/C=C/CCCCCCCCCC(CCCCCC)C(C)C. The molecule has 0 saturated heterocycles. The first-order valence-electron chi connectivity index (χ1n) is 11.9. The molecule has 0 aliphatic carbocycles. The molecule has 0 heteroatoms. The van der Waals surface area contributed by atoms with Crippen molar-refractivity contribution in [3.63, 3.8) is 0 Å². The summed E-state index contributed by atoms with van der Waals surface area (Å²) >= 11 is 0. The highest BCUT2D eigenvalue weighted by Crippen LogP contribution is 2.25. The summed E-state index contributed by atoms with van der Waals surface area (Å²) in [6, 6.07) is 0. The van der Waals surface area contributed by atoms with Gasteiger partial charge in [-0.15, -0.1) is 0 Å². The topological polar surface area (TPSA) is 0 Å². The Balaban J connectivity index is 3.40. The van der Waals surface area contributed by atoms with Crippen molar-refractivity contribution < 1.29 is 0 Å². The molecule has 150 valence electrons. The van der Waals surface area contributed by atoms with Gasteiger partial charge in [-0.25, -0.2) is 0 Å². The minimum Gasteiger partial charge on any atom is -0.0885 e. The van der Waals surface area contributed by atoms with Crippen LogP contribution in [0.3, 0.4) is 0 Å². The van der Waals surface area contributed by atoms with Crippen LogP contribution >= 0.6 is 0 Å². The van der Waals surface area contributed by atoms with E-state index in [1.54, 1.807) is 0 Å². The van der Waals surface area contributed by atoms with Crippen molar-refractivity contribution in [3.05, 3.63) is 12.2 Å². The van der Waals surface area contributed by atoms with E-state index < -0.39 is 0 Å². The van der Waals surface area contributed by atoms with Crippen LogP contribution in [0.1, 0.15) is 137 Å². The van der Waals surface area contributed by atoms with Gasteiger partial charge in [0, 0.05) is 0 Å². The number of hydrogen-bond donors (Lipinski definition) is 0. The molecule has 0 saturated carbocycles. The molecule has 1 unspecified atom stereocenters. The minimum atomic E-state index is 0.881. The van der Waals surface area contributed by atoms with Gasteiger partial charge in [-0.1, -0.05) is 130 Å². The van der Waals surface area contributed by atoms with E-state index in [-0.39, 0.29) is 0 Å².